The topological polar surface area (TPSA) is 112 Å². The van der Waals surface area contributed by atoms with Crippen LogP contribution in [0.4, 0.5) is 0 Å². The summed E-state index contributed by atoms with van der Waals surface area (Å²) in [5.41, 5.74) is 2.40. The summed E-state index contributed by atoms with van der Waals surface area (Å²) in [7, 11) is 0. The first-order valence-corrected chi connectivity index (χ1v) is 8.09. The highest BCUT2D eigenvalue weighted by Gasteiger charge is 2.16. The van der Waals surface area contributed by atoms with Crippen LogP contribution in [0.1, 0.15) is 0 Å². The van der Waals surface area contributed by atoms with Gasteiger partial charge in [0.05, 0.1) is 11.4 Å². The fraction of sp³-hybridized carbons (Fsp3) is 0. The van der Waals surface area contributed by atoms with Crippen molar-refractivity contribution >= 4 is 0 Å². The van der Waals surface area contributed by atoms with Crippen LogP contribution < -0.4 is 0 Å². The average molecular weight is 361 g/mol. The lowest BCUT2D eigenvalue weighted by molar-refractivity contribution is 0.404. The Morgan fingerprint density at radius 3 is 1.96 bits per heavy atom. The van der Waals surface area contributed by atoms with E-state index in [0.29, 0.717) is 28.3 Å². The molecule has 0 radical (unpaired) electrons. The van der Waals surface area contributed by atoms with Gasteiger partial charge in [0.1, 0.15) is 0 Å². The van der Waals surface area contributed by atoms with Crippen LogP contribution in [0.25, 0.3) is 28.3 Å². The van der Waals surface area contributed by atoms with Gasteiger partial charge in [-0.3, -0.25) is 0 Å². The maximum atomic E-state index is 9.86. The minimum atomic E-state index is -0.247. The van der Waals surface area contributed by atoms with Gasteiger partial charge in [-0.05, 0) is 54.6 Å². The van der Waals surface area contributed by atoms with Gasteiger partial charge in [0, 0.05) is 17.3 Å². The van der Waals surface area contributed by atoms with Crippen molar-refractivity contribution in [3.05, 3.63) is 66.9 Å². The SMILES string of the molecule is Oc1ccc(-c2cc(-c3ccc(O)c(O)c3)n(-c3ccccn3)n2)cc1O. The summed E-state index contributed by atoms with van der Waals surface area (Å²) in [6.07, 6.45) is 1.64. The van der Waals surface area contributed by atoms with Crippen LogP contribution in [0.2, 0.25) is 0 Å². The first kappa shape index (κ1) is 16.5. The summed E-state index contributed by atoms with van der Waals surface area (Å²) in [6.45, 7) is 0. The molecule has 0 aliphatic heterocycles. The smallest absolute Gasteiger partial charge is 0.158 e. The number of phenols is 4. The Morgan fingerprint density at radius 2 is 1.33 bits per heavy atom. The van der Waals surface area contributed by atoms with E-state index < -0.39 is 0 Å². The van der Waals surface area contributed by atoms with E-state index in [1.807, 2.05) is 6.07 Å². The molecule has 4 aromatic rings. The van der Waals surface area contributed by atoms with Crippen LogP contribution in [0.3, 0.4) is 0 Å². The molecule has 0 unspecified atom stereocenters. The largest absolute Gasteiger partial charge is 0.504 e. The normalized spacial score (nSPS) is 10.8. The number of hydrogen-bond donors (Lipinski definition) is 4. The highest BCUT2D eigenvalue weighted by Crippen LogP contribution is 2.35. The quantitative estimate of drug-likeness (QED) is 0.416. The van der Waals surface area contributed by atoms with E-state index in [1.165, 1.54) is 24.3 Å². The Morgan fingerprint density at radius 1 is 0.667 bits per heavy atom. The van der Waals surface area contributed by atoms with Crippen LogP contribution in [-0.2, 0) is 0 Å². The van der Waals surface area contributed by atoms with Crippen LogP contribution in [-0.4, -0.2) is 35.2 Å². The second-order valence-electron chi connectivity index (χ2n) is 5.92. The molecule has 134 valence electrons. The molecule has 0 bridgehead atoms. The summed E-state index contributed by atoms with van der Waals surface area (Å²) in [5, 5.41) is 43.3. The third-order valence-electron chi connectivity index (χ3n) is 4.12. The van der Waals surface area contributed by atoms with Crippen LogP contribution in [0.15, 0.2) is 66.9 Å². The highest BCUT2D eigenvalue weighted by molar-refractivity contribution is 5.73. The third-order valence-corrected chi connectivity index (χ3v) is 4.12. The lowest BCUT2D eigenvalue weighted by Gasteiger charge is -2.07. The molecule has 0 fully saturated rings. The Kier molecular flexibility index (Phi) is 3.89. The first-order valence-electron chi connectivity index (χ1n) is 8.09. The number of aromatic hydroxyl groups is 4. The van der Waals surface area contributed by atoms with Crippen molar-refractivity contribution in [2.45, 2.75) is 0 Å². The van der Waals surface area contributed by atoms with Crippen molar-refractivity contribution < 1.29 is 20.4 Å². The molecular formula is C20H15N3O4. The number of nitrogens with zero attached hydrogens (tertiary/aromatic N) is 3. The molecular weight excluding hydrogens is 346 g/mol. The summed E-state index contributed by atoms with van der Waals surface area (Å²) < 4.78 is 1.60. The fourth-order valence-electron chi connectivity index (χ4n) is 2.75. The van der Waals surface area contributed by atoms with Gasteiger partial charge in [-0.25, -0.2) is 9.67 Å². The highest BCUT2D eigenvalue weighted by atomic mass is 16.3. The molecule has 27 heavy (non-hydrogen) atoms. The zero-order chi connectivity index (χ0) is 19.0. The molecule has 4 N–H and O–H groups in total. The maximum Gasteiger partial charge on any atom is 0.158 e. The Hall–Kier alpha value is -4.00. The summed E-state index contributed by atoms with van der Waals surface area (Å²) >= 11 is 0. The van der Waals surface area contributed by atoms with Gasteiger partial charge in [0.25, 0.3) is 0 Å². The Labute approximate surface area is 154 Å². The van der Waals surface area contributed by atoms with Crippen LogP contribution >= 0.6 is 0 Å². The molecule has 2 aromatic carbocycles. The predicted molar refractivity (Wildman–Crippen MR) is 98.9 cm³/mol. The monoisotopic (exact) mass is 361 g/mol. The third kappa shape index (κ3) is 3.02. The zero-order valence-corrected chi connectivity index (χ0v) is 14.0. The van der Waals surface area contributed by atoms with Gasteiger partial charge in [-0.2, -0.15) is 5.10 Å². The molecule has 0 saturated heterocycles. The number of aromatic nitrogens is 3. The second kappa shape index (κ2) is 6.38. The van der Waals surface area contributed by atoms with E-state index in [-0.39, 0.29) is 23.0 Å². The van der Waals surface area contributed by atoms with E-state index in [1.54, 1.807) is 41.2 Å². The molecule has 7 nitrogen and oxygen atoms in total. The van der Waals surface area contributed by atoms with Crippen LogP contribution in [0.5, 0.6) is 23.0 Å². The maximum absolute atomic E-state index is 9.86. The van der Waals surface area contributed by atoms with Gasteiger partial charge in [-0.1, -0.05) is 6.07 Å². The number of benzene rings is 2. The molecule has 0 spiro atoms. The molecule has 0 atom stereocenters. The van der Waals surface area contributed by atoms with Crippen molar-refractivity contribution in [3.8, 4) is 51.3 Å². The fourth-order valence-corrected chi connectivity index (χ4v) is 2.75. The minimum Gasteiger partial charge on any atom is -0.504 e. The van der Waals surface area contributed by atoms with Gasteiger partial charge in [0.2, 0.25) is 0 Å². The molecule has 0 aliphatic carbocycles. The molecule has 4 rings (SSSR count). The summed E-state index contributed by atoms with van der Waals surface area (Å²) in [5.74, 6) is -0.360. The van der Waals surface area contributed by atoms with Crippen molar-refractivity contribution in [3.63, 3.8) is 0 Å². The average Bonchev–Trinajstić information content (AvgIpc) is 3.12. The van der Waals surface area contributed by atoms with Crippen molar-refractivity contribution in [2.75, 3.05) is 0 Å². The van der Waals surface area contributed by atoms with E-state index in [4.69, 9.17) is 0 Å². The molecule has 0 saturated carbocycles. The predicted octanol–water partition coefficient (Wildman–Crippen LogP) is 3.42. The molecule has 2 aromatic heterocycles. The number of pyridine rings is 1. The van der Waals surface area contributed by atoms with Crippen LogP contribution in [0, 0.1) is 0 Å². The molecule has 0 amide bonds. The van der Waals surface area contributed by atoms with Crippen molar-refractivity contribution in [2.24, 2.45) is 0 Å². The summed E-state index contributed by atoms with van der Waals surface area (Å²) in [4.78, 5) is 4.31. The van der Waals surface area contributed by atoms with Gasteiger partial charge in [0.15, 0.2) is 28.8 Å². The van der Waals surface area contributed by atoms with Gasteiger partial charge >= 0.3 is 0 Å². The molecule has 2 heterocycles. The minimum absolute atomic E-state index is 0.216. The number of phenolic OH excluding ortho intramolecular Hbond substituents is 4. The lowest BCUT2D eigenvalue weighted by atomic mass is 10.1. The number of rotatable bonds is 3. The van der Waals surface area contributed by atoms with Crippen molar-refractivity contribution in [1.29, 1.82) is 0 Å². The first-order chi connectivity index (χ1) is 13.0. The Balaban J connectivity index is 1.92. The Bertz CT molecular complexity index is 1120. The molecule has 7 heteroatoms. The number of hydrogen-bond acceptors (Lipinski definition) is 6. The van der Waals surface area contributed by atoms with Gasteiger partial charge < -0.3 is 20.4 Å². The van der Waals surface area contributed by atoms with E-state index in [2.05, 4.69) is 10.1 Å². The summed E-state index contributed by atoms with van der Waals surface area (Å²) in [6, 6.07) is 16.1. The van der Waals surface area contributed by atoms with Crippen molar-refractivity contribution in [1.82, 2.24) is 14.8 Å². The zero-order valence-electron chi connectivity index (χ0n) is 14.0. The van der Waals surface area contributed by atoms with Gasteiger partial charge in [-0.15, -0.1) is 0 Å². The van der Waals surface area contributed by atoms with E-state index >= 15 is 0 Å². The second-order valence-corrected chi connectivity index (χ2v) is 5.92. The molecule has 0 aliphatic rings. The standard InChI is InChI=1S/C20H15N3O4/c24-16-6-4-12(9-18(16)26)14-11-15(13-5-7-17(25)19(27)10-13)23(22-14)20-3-1-2-8-21-20/h1-11,24-27H. The van der Waals surface area contributed by atoms with E-state index in [0.717, 1.165) is 0 Å². The van der Waals surface area contributed by atoms with E-state index in [9.17, 15) is 20.4 Å². The lowest BCUT2D eigenvalue weighted by Crippen LogP contribution is -2.01.